The van der Waals surface area contributed by atoms with E-state index in [0.29, 0.717) is 63.1 Å². The number of esters is 1. The van der Waals surface area contributed by atoms with Crippen molar-refractivity contribution >= 4 is 29.6 Å². The van der Waals surface area contributed by atoms with Gasteiger partial charge in [0, 0.05) is 56.0 Å². The van der Waals surface area contributed by atoms with Crippen LogP contribution in [0.2, 0.25) is 0 Å². The summed E-state index contributed by atoms with van der Waals surface area (Å²) in [4.78, 5) is 58.5. The van der Waals surface area contributed by atoms with E-state index in [4.69, 9.17) is 34.2 Å². The van der Waals surface area contributed by atoms with Crippen LogP contribution in [-0.4, -0.2) is 161 Å². The van der Waals surface area contributed by atoms with Gasteiger partial charge in [-0.05, 0) is 98.5 Å². The van der Waals surface area contributed by atoms with Crippen molar-refractivity contribution < 1.29 is 52.7 Å². The lowest BCUT2D eigenvalue weighted by Crippen LogP contribution is -2.61. The van der Waals surface area contributed by atoms with Crippen LogP contribution in [0.3, 0.4) is 0 Å². The number of benzene rings is 1. The van der Waals surface area contributed by atoms with E-state index in [-0.39, 0.29) is 25.1 Å². The maximum Gasteiger partial charge on any atom is 0.410 e. The molecule has 2 unspecified atom stereocenters. The highest BCUT2D eigenvalue weighted by Crippen LogP contribution is 2.40. The maximum absolute atomic E-state index is 14.6. The van der Waals surface area contributed by atoms with Crippen molar-refractivity contribution in [1.29, 1.82) is 0 Å². The molecule has 3 fully saturated rings. The van der Waals surface area contributed by atoms with E-state index in [1.165, 1.54) is 13.0 Å². The molecule has 19 heteroatoms. The van der Waals surface area contributed by atoms with Gasteiger partial charge in [0.2, 0.25) is 0 Å². The number of nitrogen functional groups attached to an aromatic ring is 1. The molecular formula is C47H74N8O11. The molecule has 0 aliphatic carbocycles. The number of likely N-dealkylation sites (N-methyl/N-ethyl adjacent to an activating group) is 1. The van der Waals surface area contributed by atoms with E-state index >= 15 is 0 Å². The van der Waals surface area contributed by atoms with Crippen LogP contribution in [-0.2, 0) is 44.6 Å². The molecule has 3 aliphatic rings. The highest BCUT2D eigenvalue weighted by Gasteiger charge is 2.59. The summed E-state index contributed by atoms with van der Waals surface area (Å²) in [6, 6.07) is 6.12. The molecule has 66 heavy (non-hydrogen) atoms. The van der Waals surface area contributed by atoms with E-state index in [0.717, 1.165) is 5.56 Å². The summed E-state index contributed by atoms with van der Waals surface area (Å²) in [5, 5.41) is 26.7. The number of hydrogen-bond acceptors (Lipinski definition) is 16. The van der Waals surface area contributed by atoms with Crippen LogP contribution >= 0.6 is 0 Å². The van der Waals surface area contributed by atoms with Gasteiger partial charge >= 0.3 is 18.2 Å². The summed E-state index contributed by atoms with van der Waals surface area (Å²) in [6.07, 6.45) is -0.383. The Hall–Kier alpha value is -4.66. The second kappa shape index (κ2) is 22.9. The number of ketones is 1. The monoisotopic (exact) mass is 927 g/mol. The van der Waals surface area contributed by atoms with Crippen LogP contribution in [0.25, 0.3) is 11.3 Å². The van der Waals surface area contributed by atoms with E-state index in [9.17, 15) is 24.3 Å². The Morgan fingerprint density at radius 3 is 2.55 bits per heavy atom. The minimum absolute atomic E-state index is 0.0375. The number of ether oxygens (including phenoxy) is 6. The molecule has 5 N–H and O–H groups in total. The molecule has 0 saturated carbocycles. The topological polar surface area (TPSA) is 231 Å². The molecule has 2 aromatic rings. The van der Waals surface area contributed by atoms with Crippen molar-refractivity contribution in [3.8, 4) is 11.3 Å². The number of alkyl carbamates (subject to hydrolysis) is 1. The summed E-state index contributed by atoms with van der Waals surface area (Å²) in [6.45, 7) is 17.8. The van der Waals surface area contributed by atoms with Crippen LogP contribution in [0.15, 0.2) is 43.1 Å². The van der Waals surface area contributed by atoms with Gasteiger partial charge in [-0.2, -0.15) is 0 Å². The van der Waals surface area contributed by atoms with Gasteiger partial charge < -0.3 is 54.8 Å². The van der Waals surface area contributed by atoms with E-state index in [1.807, 2.05) is 70.2 Å². The van der Waals surface area contributed by atoms with Gasteiger partial charge in [-0.3, -0.25) is 19.2 Å². The number of aromatic nitrogens is 3. The smallest absolute Gasteiger partial charge is 0.410 e. The number of unbranched alkanes of at least 4 members (excludes halogenated alkanes) is 1. The van der Waals surface area contributed by atoms with Gasteiger partial charge in [0.05, 0.1) is 30.0 Å². The van der Waals surface area contributed by atoms with Crippen LogP contribution in [0, 0.1) is 17.8 Å². The first-order chi connectivity index (χ1) is 31.3. The predicted molar refractivity (Wildman–Crippen MR) is 246 cm³/mol. The van der Waals surface area contributed by atoms with Crippen LogP contribution in [0.4, 0.5) is 15.3 Å². The summed E-state index contributed by atoms with van der Waals surface area (Å²) < 4.78 is 38.7. The SMILES string of the molecule is C=CCOC(=O)NC[C@@H]1CC(N(C)C)C(O)[C@H](O[C@@H]2[C@@H](C)C(=O)[C@@H](C)C(=O)O[C@H](CC)[C@@]3(C)OC(=O)N(CCCCn4cc(-c5cccc(N)c5)nn4)[C@@H]3[C@@H](C)NC[C@H](C)C[C@@]2(C)OC)O1. The average molecular weight is 927 g/mol. The number of methoxy groups -OCH3 is 1. The molecule has 19 nitrogen and oxygen atoms in total. The zero-order valence-corrected chi connectivity index (χ0v) is 40.4. The molecule has 0 bridgehead atoms. The number of rotatable bonds is 15. The number of nitrogens with zero attached hydrogens (tertiary/aromatic N) is 5. The zero-order valence-electron chi connectivity index (χ0n) is 40.4. The van der Waals surface area contributed by atoms with E-state index in [2.05, 4.69) is 34.4 Å². The molecule has 3 aliphatic heterocycles. The first-order valence-electron chi connectivity index (χ1n) is 23.2. The van der Waals surface area contributed by atoms with Crippen LogP contribution < -0.4 is 16.4 Å². The van der Waals surface area contributed by atoms with Crippen molar-refractivity contribution in [2.45, 2.75) is 147 Å². The normalized spacial score (nSPS) is 33.6. The van der Waals surface area contributed by atoms with Gasteiger partial charge in [-0.1, -0.05) is 50.8 Å². The number of amides is 2. The molecular weight excluding hydrogens is 853 g/mol. The van der Waals surface area contributed by atoms with Crippen molar-refractivity contribution in [1.82, 2.24) is 35.4 Å². The van der Waals surface area contributed by atoms with Gasteiger partial charge in [0.25, 0.3) is 0 Å². The van der Waals surface area contributed by atoms with Crippen LogP contribution in [0.5, 0.6) is 0 Å². The third kappa shape index (κ3) is 12.3. The Labute approximate surface area is 389 Å². The highest BCUT2D eigenvalue weighted by atomic mass is 16.7. The third-order valence-electron chi connectivity index (χ3n) is 13.5. The number of aliphatic hydroxyl groups excluding tert-OH is 1. The quantitative estimate of drug-likeness (QED) is 0.0490. The Morgan fingerprint density at radius 2 is 1.88 bits per heavy atom. The van der Waals surface area contributed by atoms with Crippen LogP contribution in [0.1, 0.15) is 80.6 Å². The minimum Gasteiger partial charge on any atom is -0.458 e. The predicted octanol–water partition coefficient (Wildman–Crippen LogP) is 4.18. The molecule has 0 spiro atoms. The number of nitrogens with one attached hydrogen (secondary N) is 2. The molecule has 368 valence electrons. The molecule has 4 heterocycles. The lowest BCUT2D eigenvalue weighted by Gasteiger charge is -2.47. The molecule has 3 saturated heterocycles. The standard InChI is InChI=1S/C47H74N8O11/c1-12-21-62-44(59)50-26-34-23-36(53(9)10)39(57)43(63-34)65-41-29(4)38(56)30(5)42(58)64-37(13-2)47(8)40(31(6)49-25-28(3)24-46(41,7)61-11)55(45(60)66-47)20-15-14-19-54-27-35(51-52-54)32-17-16-18-33(48)22-32/h12,16-18,22,27-31,34,36-37,39-41,43,49,57H,1,13-15,19-21,23-26,48H2,2-11H3,(H,50,59)/t28-,29+,30-,31-,34+,36?,37-,39?,40-,41-,43+,46-,47-/m1/s1. The fourth-order valence-corrected chi connectivity index (χ4v) is 9.86. The summed E-state index contributed by atoms with van der Waals surface area (Å²) in [5.41, 5.74) is 5.76. The maximum atomic E-state index is 14.6. The van der Waals surface area contributed by atoms with Gasteiger partial charge in [0.15, 0.2) is 17.7 Å². The highest BCUT2D eigenvalue weighted by molar-refractivity contribution is 6.00. The van der Waals surface area contributed by atoms with E-state index < -0.39 is 89.8 Å². The summed E-state index contributed by atoms with van der Waals surface area (Å²) in [5.74, 6) is -3.54. The Morgan fingerprint density at radius 1 is 1.15 bits per heavy atom. The second-order valence-electron chi connectivity index (χ2n) is 18.9. The molecule has 5 rings (SSSR count). The first kappa shape index (κ1) is 52.3. The molecule has 1 aromatic carbocycles. The number of anilines is 1. The largest absolute Gasteiger partial charge is 0.458 e. The van der Waals surface area contributed by atoms with Crippen molar-refractivity contribution in [3.05, 3.63) is 43.1 Å². The number of hydrogen-bond donors (Lipinski definition) is 4. The fourth-order valence-electron chi connectivity index (χ4n) is 9.86. The number of cyclic esters (lactones) is 1. The number of nitrogens with two attached hydrogens (primary N) is 1. The number of carbonyl (C=O) groups excluding carboxylic acids is 4. The molecule has 1 aromatic heterocycles. The molecule has 2 amide bonds. The molecule has 0 radical (unpaired) electrons. The number of aliphatic hydroxyl groups is 1. The lowest BCUT2D eigenvalue weighted by molar-refractivity contribution is -0.296. The summed E-state index contributed by atoms with van der Waals surface area (Å²) in [7, 11) is 5.20. The number of fused-ring (bicyclic) bond motifs is 1. The number of aryl methyl sites for hydroxylation is 1. The van der Waals surface area contributed by atoms with Gasteiger partial charge in [0.1, 0.15) is 30.4 Å². The minimum atomic E-state index is -1.28. The first-order valence-corrected chi connectivity index (χ1v) is 23.2. The fraction of sp³-hybridized carbons (Fsp3) is 0.702. The third-order valence-corrected chi connectivity index (χ3v) is 13.5. The van der Waals surface area contributed by atoms with Crippen molar-refractivity contribution in [2.75, 3.05) is 53.2 Å². The molecule has 13 atom stereocenters. The second-order valence-corrected chi connectivity index (χ2v) is 18.9. The zero-order chi connectivity index (χ0) is 48.5. The number of carbonyl (C=O) groups is 4. The average Bonchev–Trinajstić information content (AvgIpc) is 3.87. The van der Waals surface area contributed by atoms with E-state index in [1.54, 1.807) is 30.5 Å². The van der Waals surface area contributed by atoms with Crippen molar-refractivity contribution in [3.63, 3.8) is 0 Å². The Bertz CT molecular complexity index is 1970. The van der Waals surface area contributed by atoms with Gasteiger partial charge in [-0.25, -0.2) is 9.59 Å². The summed E-state index contributed by atoms with van der Waals surface area (Å²) >= 11 is 0. The van der Waals surface area contributed by atoms with Gasteiger partial charge in [-0.15, -0.1) is 5.10 Å². The Kier molecular flexibility index (Phi) is 18.1. The lowest BCUT2D eigenvalue weighted by atomic mass is 9.78. The Balaban J connectivity index is 1.37. The number of Topliss-reactive ketones (excluding diaryl/α,β-unsaturated/α-hetero) is 1. The van der Waals surface area contributed by atoms with Crippen molar-refractivity contribution in [2.24, 2.45) is 17.8 Å².